The molecule has 1 heteroatoms. The maximum atomic E-state index is 10.9. The van der Waals surface area contributed by atoms with Crippen LogP contribution in [-0.2, 0) is 4.79 Å². The van der Waals surface area contributed by atoms with Crippen molar-refractivity contribution in [1.82, 2.24) is 0 Å². The summed E-state index contributed by atoms with van der Waals surface area (Å²) in [6.45, 7) is 3.97. The van der Waals surface area contributed by atoms with E-state index in [0.717, 1.165) is 19.1 Å². The molecule has 1 nitrogen and oxygen atoms in total. The molecule has 0 unspecified atom stereocenters. The van der Waals surface area contributed by atoms with Crippen molar-refractivity contribution >= 4 is 6.29 Å². The van der Waals surface area contributed by atoms with Gasteiger partial charge in [0, 0.05) is 5.92 Å². The van der Waals surface area contributed by atoms with Crippen LogP contribution in [0.15, 0.2) is 42.5 Å². The highest BCUT2D eigenvalue weighted by Crippen LogP contribution is 2.40. The lowest BCUT2D eigenvalue weighted by molar-refractivity contribution is -0.111. The van der Waals surface area contributed by atoms with Crippen LogP contribution in [0.3, 0.4) is 0 Å². The molecule has 1 aromatic carbocycles. The van der Waals surface area contributed by atoms with Crippen molar-refractivity contribution in [3.8, 4) is 0 Å². The lowest BCUT2D eigenvalue weighted by Crippen LogP contribution is -2.06. The van der Waals surface area contributed by atoms with E-state index < -0.39 is 0 Å². The van der Waals surface area contributed by atoms with Crippen molar-refractivity contribution in [3.05, 3.63) is 48.0 Å². The minimum atomic E-state index is 0.143. The highest BCUT2D eigenvalue weighted by Gasteiger charge is 2.30. The fraction of sp³-hybridized carbons (Fsp3) is 0.308. The van der Waals surface area contributed by atoms with Gasteiger partial charge in [0.2, 0.25) is 0 Å². The quantitative estimate of drug-likeness (QED) is 0.512. The number of aldehydes is 1. The van der Waals surface area contributed by atoms with Gasteiger partial charge in [-0.3, -0.25) is 0 Å². The fourth-order valence-corrected chi connectivity index (χ4v) is 2.23. The Morgan fingerprint density at radius 1 is 1.21 bits per heavy atom. The van der Waals surface area contributed by atoms with Crippen molar-refractivity contribution in [2.24, 2.45) is 5.92 Å². The molecule has 0 aromatic heterocycles. The smallest absolute Gasteiger partial charge is 0.124 e. The summed E-state index contributed by atoms with van der Waals surface area (Å²) in [5, 5.41) is 0. The van der Waals surface area contributed by atoms with Crippen LogP contribution in [0.5, 0.6) is 0 Å². The van der Waals surface area contributed by atoms with Crippen LogP contribution >= 0.6 is 0 Å². The van der Waals surface area contributed by atoms with Crippen LogP contribution in [0.1, 0.15) is 24.3 Å². The minimum absolute atomic E-state index is 0.143. The molecule has 0 heterocycles. The predicted octanol–water partition coefficient (Wildman–Crippen LogP) is 2.94. The summed E-state index contributed by atoms with van der Waals surface area (Å²) in [7, 11) is 0. The summed E-state index contributed by atoms with van der Waals surface area (Å²) in [6, 6.07) is 10.2. The van der Waals surface area contributed by atoms with Gasteiger partial charge in [-0.05, 0) is 24.3 Å². The first-order valence-electron chi connectivity index (χ1n) is 4.98. The number of benzene rings is 1. The van der Waals surface area contributed by atoms with Crippen LogP contribution in [0.2, 0.25) is 0 Å². The van der Waals surface area contributed by atoms with Crippen molar-refractivity contribution < 1.29 is 4.79 Å². The molecular formula is C13H14O. The average Bonchev–Trinajstić information content (AvgIpc) is 2.61. The van der Waals surface area contributed by atoms with E-state index in [1.54, 1.807) is 0 Å². The maximum absolute atomic E-state index is 10.9. The number of hydrogen-bond acceptors (Lipinski definition) is 1. The maximum Gasteiger partial charge on any atom is 0.124 e. The molecule has 0 spiro atoms. The zero-order chi connectivity index (χ0) is 9.97. The third-order valence-electron chi connectivity index (χ3n) is 2.95. The molecule has 0 N–H and O–H groups in total. The molecule has 72 valence electrons. The predicted molar refractivity (Wildman–Crippen MR) is 57.1 cm³/mol. The monoisotopic (exact) mass is 186 g/mol. The minimum Gasteiger partial charge on any atom is -0.303 e. The highest BCUT2D eigenvalue weighted by molar-refractivity contribution is 5.58. The lowest BCUT2D eigenvalue weighted by Gasteiger charge is -2.13. The van der Waals surface area contributed by atoms with E-state index in [9.17, 15) is 4.79 Å². The number of carbonyl (C=O) groups excluding carboxylic acids is 1. The third-order valence-corrected chi connectivity index (χ3v) is 2.95. The van der Waals surface area contributed by atoms with E-state index in [1.165, 1.54) is 11.1 Å². The molecule has 1 aromatic rings. The summed E-state index contributed by atoms with van der Waals surface area (Å²) in [5.41, 5.74) is 2.47. The van der Waals surface area contributed by atoms with Gasteiger partial charge in [-0.25, -0.2) is 0 Å². The Labute approximate surface area is 84.5 Å². The molecule has 2 atom stereocenters. The standard InChI is InChI=1S/C13H14O/c1-10-7-12(9-14)13(8-10)11-5-3-2-4-6-11/h2-6,9,12-13H,1,7-8H2/t12-,13-/m1/s1. The van der Waals surface area contributed by atoms with Gasteiger partial charge in [-0.15, -0.1) is 0 Å². The second-order valence-corrected chi connectivity index (χ2v) is 3.98. The zero-order valence-corrected chi connectivity index (χ0v) is 8.15. The number of hydrogen-bond donors (Lipinski definition) is 0. The van der Waals surface area contributed by atoms with Gasteiger partial charge >= 0.3 is 0 Å². The summed E-state index contributed by atoms with van der Waals surface area (Å²) in [4.78, 5) is 10.9. The molecule has 2 rings (SSSR count). The topological polar surface area (TPSA) is 17.1 Å². The van der Waals surface area contributed by atoms with Crippen LogP contribution in [0.25, 0.3) is 0 Å². The highest BCUT2D eigenvalue weighted by atomic mass is 16.1. The van der Waals surface area contributed by atoms with Crippen LogP contribution < -0.4 is 0 Å². The number of rotatable bonds is 2. The molecular weight excluding hydrogens is 172 g/mol. The second-order valence-electron chi connectivity index (χ2n) is 3.98. The Kier molecular flexibility index (Phi) is 2.49. The summed E-state index contributed by atoms with van der Waals surface area (Å²) in [5.74, 6) is 0.506. The van der Waals surface area contributed by atoms with E-state index in [2.05, 4.69) is 18.7 Å². The largest absolute Gasteiger partial charge is 0.303 e. The Bertz CT molecular complexity index is 340. The Hall–Kier alpha value is -1.37. The van der Waals surface area contributed by atoms with Gasteiger partial charge in [0.1, 0.15) is 6.29 Å². The van der Waals surface area contributed by atoms with E-state index in [0.29, 0.717) is 5.92 Å². The Morgan fingerprint density at radius 3 is 2.57 bits per heavy atom. The summed E-state index contributed by atoms with van der Waals surface area (Å²) < 4.78 is 0. The van der Waals surface area contributed by atoms with Gasteiger partial charge in [0.05, 0.1) is 0 Å². The van der Waals surface area contributed by atoms with Gasteiger partial charge in [0.25, 0.3) is 0 Å². The zero-order valence-electron chi connectivity index (χ0n) is 8.15. The molecule has 1 aliphatic carbocycles. The molecule has 1 saturated carbocycles. The fourth-order valence-electron chi connectivity index (χ4n) is 2.23. The molecule has 0 amide bonds. The third kappa shape index (κ3) is 1.63. The Balaban J connectivity index is 2.26. The SMILES string of the molecule is C=C1C[C@H](c2ccccc2)[C@@H](C=O)C1. The molecule has 0 radical (unpaired) electrons. The van der Waals surface area contributed by atoms with Crippen molar-refractivity contribution in [2.45, 2.75) is 18.8 Å². The molecule has 0 aliphatic heterocycles. The van der Waals surface area contributed by atoms with Crippen molar-refractivity contribution in [2.75, 3.05) is 0 Å². The van der Waals surface area contributed by atoms with Crippen molar-refractivity contribution in [1.29, 1.82) is 0 Å². The molecule has 14 heavy (non-hydrogen) atoms. The van der Waals surface area contributed by atoms with E-state index in [4.69, 9.17) is 0 Å². The summed E-state index contributed by atoms with van der Waals surface area (Å²) >= 11 is 0. The van der Waals surface area contributed by atoms with Crippen LogP contribution in [-0.4, -0.2) is 6.29 Å². The van der Waals surface area contributed by atoms with Crippen molar-refractivity contribution in [3.63, 3.8) is 0 Å². The molecule has 0 bridgehead atoms. The second kappa shape index (κ2) is 3.79. The average molecular weight is 186 g/mol. The van der Waals surface area contributed by atoms with Gasteiger partial charge in [-0.1, -0.05) is 42.5 Å². The van der Waals surface area contributed by atoms with Gasteiger partial charge < -0.3 is 4.79 Å². The molecule has 0 saturated heterocycles. The van der Waals surface area contributed by atoms with Gasteiger partial charge in [0.15, 0.2) is 0 Å². The number of carbonyl (C=O) groups is 1. The Morgan fingerprint density at radius 2 is 1.93 bits per heavy atom. The molecule has 1 aliphatic rings. The lowest BCUT2D eigenvalue weighted by atomic mass is 9.90. The van der Waals surface area contributed by atoms with Gasteiger partial charge in [-0.2, -0.15) is 0 Å². The summed E-state index contributed by atoms with van der Waals surface area (Å²) in [6.07, 6.45) is 2.91. The van der Waals surface area contributed by atoms with Crippen LogP contribution in [0.4, 0.5) is 0 Å². The van der Waals surface area contributed by atoms with Crippen LogP contribution in [0, 0.1) is 5.92 Å². The first kappa shape index (κ1) is 9.20. The van der Waals surface area contributed by atoms with E-state index in [-0.39, 0.29) is 5.92 Å². The first-order valence-corrected chi connectivity index (χ1v) is 4.98. The molecule has 1 fully saturated rings. The first-order chi connectivity index (χ1) is 6.81. The number of allylic oxidation sites excluding steroid dienone is 1. The van der Waals surface area contributed by atoms with E-state index in [1.807, 2.05) is 18.2 Å². The normalized spacial score (nSPS) is 26.4. The van der Waals surface area contributed by atoms with E-state index >= 15 is 0 Å².